The van der Waals surface area contributed by atoms with Crippen LogP contribution in [0.5, 0.6) is 0 Å². The molecule has 0 aromatic carbocycles. The predicted octanol–water partition coefficient (Wildman–Crippen LogP) is 3.70. The molecule has 5 heteroatoms. The fourth-order valence-corrected chi connectivity index (χ4v) is 3.19. The first-order chi connectivity index (χ1) is 8.31. The molecule has 0 aliphatic heterocycles. The van der Waals surface area contributed by atoms with Crippen molar-refractivity contribution in [2.75, 3.05) is 17.7 Å². The molecule has 1 aliphatic carbocycles. The predicted molar refractivity (Wildman–Crippen MR) is 74.4 cm³/mol. The summed E-state index contributed by atoms with van der Waals surface area (Å²) < 4.78 is 0.915. The van der Waals surface area contributed by atoms with Crippen LogP contribution in [0.15, 0.2) is 17.0 Å². The second-order valence-electron chi connectivity index (χ2n) is 4.56. The highest BCUT2D eigenvalue weighted by Crippen LogP contribution is 2.31. The van der Waals surface area contributed by atoms with E-state index in [2.05, 4.69) is 31.2 Å². The molecule has 94 valence electrons. The van der Waals surface area contributed by atoms with Crippen LogP contribution in [-0.4, -0.2) is 22.4 Å². The molecular weight excluding hydrogens is 302 g/mol. The number of nitrogens with zero attached hydrogens (tertiary/aromatic N) is 2. The summed E-state index contributed by atoms with van der Waals surface area (Å²) in [6, 6.07) is 0. The minimum atomic E-state index is 0.651. The molecule has 0 saturated heterocycles. The van der Waals surface area contributed by atoms with Crippen molar-refractivity contribution >= 4 is 33.3 Å². The first kappa shape index (κ1) is 13.1. The second kappa shape index (κ2) is 6.55. The van der Waals surface area contributed by atoms with Crippen LogP contribution >= 0.6 is 27.5 Å². The molecule has 2 atom stereocenters. The topological polar surface area (TPSA) is 37.8 Å². The molecule has 0 radical (unpaired) electrons. The minimum absolute atomic E-state index is 0.651. The van der Waals surface area contributed by atoms with Crippen LogP contribution in [0, 0.1) is 11.8 Å². The number of anilines is 1. The van der Waals surface area contributed by atoms with E-state index in [0.717, 1.165) is 22.7 Å². The summed E-state index contributed by atoms with van der Waals surface area (Å²) in [5.74, 6) is 2.97. The summed E-state index contributed by atoms with van der Waals surface area (Å²) in [6.45, 7) is 0.951. The van der Waals surface area contributed by atoms with E-state index in [9.17, 15) is 0 Å². The Morgan fingerprint density at radius 2 is 2.12 bits per heavy atom. The number of hydrogen-bond acceptors (Lipinski definition) is 3. The van der Waals surface area contributed by atoms with E-state index < -0.39 is 0 Å². The summed E-state index contributed by atoms with van der Waals surface area (Å²) in [4.78, 5) is 8.16. The summed E-state index contributed by atoms with van der Waals surface area (Å²) in [7, 11) is 0. The summed E-state index contributed by atoms with van der Waals surface area (Å²) >= 11 is 9.47. The average molecular weight is 319 g/mol. The van der Waals surface area contributed by atoms with Crippen LogP contribution in [0.1, 0.15) is 25.7 Å². The van der Waals surface area contributed by atoms with Gasteiger partial charge in [0.25, 0.3) is 0 Å². The van der Waals surface area contributed by atoms with Gasteiger partial charge in [-0.25, -0.2) is 9.97 Å². The molecule has 3 nitrogen and oxygen atoms in total. The van der Waals surface area contributed by atoms with E-state index in [0.29, 0.717) is 11.8 Å². The molecule has 17 heavy (non-hydrogen) atoms. The number of hydrogen-bond donors (Lipinski definition) is 1. The van der Waals surface area contributed by atoms with Gasteiger partial charge in [-0.2, -0.15) is 0 Å². The average Bonchev–Trinajstić information content (AvgIpc) is 2.38. The Balaban J connectivity index is 1.90. The molecular formula is C12H17BrClN3. The summed E-state index contributed by atoms with van der Waals surface area (Å²) in [5, 5.41) is 3.39. The van der Waals surface area contributed by atoms with Gasteiger partial charge < -0.3 is 5.32 Å². The van der Waals surface area contributed by atoms with Gasteiger partial charge in [0.1, 0.15) is 12.1 Å². The van der Waals surface area contributed by atoms with Gasteiger partial charge in [-0.15, -0.1) is 11.6 Å². The molecule has 1 saturated carbocycles. The number of halogens is 2. The Labute approximate surface area is 116 Å². The number of alkyl halides is 1. The molecule has 1 aromatic rings. The molecule has 2 unspecified atom stereocenters. The van der Waals surface area contributed by atoms with Crippen LogP contribution in [0.2, 0.25) is 0 Å². The van der Waals surface area contributed by atoms with E-state index in [1.165, 1.54) is 25.7 Å². The van der Waals surface area contributed by atoms with Crippen molar-refractivity contribution in [2.24, 2.45) is 11.8 Å². The van der Waals surface area contributed by atoms with Gasteiger partial charge in [-0.3, -0.25) is 0 Å². The van der Waals surface area contributed by atoms with Crippen molar-refractivity contribution in [2.45, 2.75) is 25.7 Å². The largest absolute Gasteiger partial charge is 0.369 e. The Morgan fingerprint density at radius 1 is 1.35 bits per heavy atom. The highest BCUT2D eigenvalue weighted by Gasteiger charge is 2.24. The maximum Gasteiger partial charge on any atom is 0.143 e. The van der Waals surface area contributed by atoms with Gasteiger partial charge in [0.2, 0.25) is 0 Å². The molecule has 1 aliphatic rings. The van der Waals surface area contributed by atoms with Crippen molar-refractivity contribution in [1.82, 2.24) is 9.97 Å². The third-order valence-electron chi connectivity index (χ3n) is 3.46. The van der Waals surface area contributed by atoms with Gasteiger partial charge in [0.05, 0.1) is 4.47 Å². The number of nitrogens with one attached hydrogen (secondary N) is 1. The summed E-state index contributed by atoms with van der Waals surface area (Å²) in [6.07, 6.45) is 8.51. The molecule has 0 spiro atoms. The normalized spacial score (nSPS) is 24.6. The van der Waals surface area contributed by atoms with Crippen molar-refractivity contribution in [3.63, 3.8) is 0 Å². The van der Waals surface area contributed by atoms with Crippen LogP contribution in [0.25, 0.3) is 0 Å². The Morgan fingerprint density at radius 3 is 2.82 bits per heavy atom. The van der Waals surface area contributed by atoms with Gasteiger partial charge >= 0.3 is 0 Å². The monoisotopic (exact) mass is 317 g/mol. The second-order valence-corrected chi connectivity index (χ2v) is 5.72. The zero-order valence-electron chi connectivity index (χ0n) is 9.70. The van der Waals surface area contributed by atoms with Crippen molar-refractivity contribution in [3.8, 4) is 0 Å². The lowest BCUT2D eigenvalue weighted by atomic mass is 9.80. The van der Waals surface area contributed by atoms with E-state index in [-0.39, 0.29) is 0 Å². The maximum absolute atomic E-state index is 6.03. The van der Waals surface area contributed by atoms with Crippen LogP contribution in [0.3, 0.4) is 0 Å². The lowest BCUT2D eigenvalue weighted by molar-refractivity contribution is 0.272. The Hall–Kier alpha value is -0.350. The Bertz CT molecular complexity index is 361. The number of rotatable bonds is 4. The standard InChI is InChI=1S/C12H17BrClN3/c13-11-7-15-8-17-12(11)16-6-10-4-2-1-3-9(10)5-14/h7-10H,1-6H2,(H,15,16,17). The molecule has 2 rings (SSSR count). The molecule has 1 aromatic heterocycles. The van der Waals surface area contributed by atoms with Crippen molar-refractivity contribution < 1.29 is 0 Å². The smallest absolute Gasteiger partial charge is 0.143 e. The first-order valence-corrected chi connectivity index (χ1v) is 7.39. The molecule has 1 fully saturated rings. The van der Waals surface area contributed by atoms with Crippen LogP contribution in [-0.2, 0) is 0 Å². The third-order valence-corrected chi connectivity index (χ3v) is 4.44. The minimum Gasteiger partial charge on any atom is -0.369 e. The van der Waals surface area contributed by atoms with E-state index in [1.54, 1.807) is 12.5 Å². The van der Waals surface area contributed by atoms with Gasteiger partial charge in [0, 0.05) is 18.6 Å². The fraction of sp³-hybridized carbons (Fsp3) is 0.667. The van der Waals surface area contributed by atoms with Gasteiger partial charge in [-0.1, -0.05) is 12.8 Å². The van der Waals surface area contributed by atoms with E-state index in [1.807, 2.05) is 0 Å². The molecule has 0 amide bonds. The zero-order valence-corrected chi connectivity index (χ0v) is 12.0. The maximum atomic E-state index is 6.03. The Kier molecular flexibility index (Phi) is 5.04. The molecule has 1 N–H and O–H groups in total. The fourth-order valence-electron chi connectivity index (χ4n) is 2.43. The van der Waals surface area contributed by atoms with E-state index in [4.69, 9.17) is 11.6 Å². The van der Waals surface area contributed by atoms with Crippen LogP contribution in [0.4, 0.5) is 5.82 Å². The van der Waals surface area contributed by atoms with Crippen LogP contribution < -0.4 is 5.32 Å². The first-order valence-electron chi connectivity index (χ1n) is 6.06. The van der Waals surface area contributed by atoms with E-state index >= 15 is 0 Å². The molecule has 1 heterocycles. The van der Waals surface area contributed by atoms with Gasteiger partial charge in [0.15, 0.2) is 0 Å². The lowest BCUT2D eigenvalue weighted by Crippen LogP contribution is -2.27. The highest BCUT2D eigenvalue weighted by molar-refractivity contribution is 9.10. The van der Waals surface area contributed by atoms with Crippen molar-refractivity contribution in [1.29, 1.82) is 0 Å². The van der Waals surface area contributed by atoms with Gasteiger partial charge in [-0.05, 0) is 40.6 Å². The SMILES string of the molecule is ClCC1CCCCC1CNc1ncncc1Br. The quantitative estimate of drug-likeness (QED) is 0.860. The highest BCUT2D eigenvalue weighted by atomic mass is 79.9. The number of aromatic nitrogens is 2. The van der Waals surface area contributed by atoms with Crippen molar-refractivity contribution in [3.05, 3.63) is 17.0 Å². The summed E-state index contributed by atoms with van der Waals surface area (Å²) in [5.41, 5.74) is 0. The third kappa shape index (κ3) is 3.55. The lowest BCUT2D eigenvalue weighted by Gasteiger charge is -2.30. The molecule has 0 bridgehead atoms. The zero-order chi connectivity index (χ0) is 12.1.